The number of nitrogens with zero attached hydrogens (tertiary/aromatic N) is 2. The predicted molar refractivity (Wildman–Crippen MR) is 74.7 cm³/mol. The quantitative estimate of drug-likeness (QED) is 0.819. The standard InChI is InChI=1S/C13H20N2O3S/c1-18-13-5-3-4-12(10-13)11-14-6-8-15(9-7-14)19(2,16)17/h3-5,10H,6-9,11H2,1-2H3. The number of piperazine rings is 1. The van der Waals surface area contributed by atoms with E-state index >= 15 is 0 Å². The maximum Gasteiger partial charge on any atom is 0.211 e. The van der Waals surface area contributed by atoms with Crippen LogP contribution < -0.4 is 4.74 Å². The zero-order valence-corrected chi connectivity index (χ0v) is 12.2. The molecule has 0 aliphatic carbocycles. The van der Waals surface area contributed by atoms with Crippen LogP contribution in [-0.4, -0.2) is 57.2 Å². The molecule has 0 unspecified atom stereocenters. The van der Waals surface area contributed by atoms with E-state index in [2.05, 4.69) is 11.0 Å². The summed E-state index contributed by atoms with van der Waals surface area (Å²) in [6.45, 7) is 3.51. The van der Waals surface area contributed by atoms with E-state index in [1.165, 1.54) is 16.1 Å². The Morgan fingerprint density at radius 3 is 2.47 bits per heavy atom. The van der Waals surface area contributed by atoms with Crippen molar-refractivity contribution in [3.05, 3.63) is 29.8 Å². The predicted octanol–water partition coefficient (Wildman–Crippen LogP) is 0.772. The van der Waals surface area contributed by atoms with Crippen molar-refractivity contribution in [2.24, 2.45) is 0 Å². The summed E-state index contributed by atoms with van der Waals surface area (Å²) in [4.78, 5) is 2.26. The van der Waals surface area contributed by atoms with Crippen LogP contribution >= 0.6 is 0 Å². The van der Waals surface area contributed by atoms with Crippen molar-refractivity contribution < 1.29 is 13.2 Å². The van der Waals surface area contributed by atoms with E-state index in [1.54, 1.807) is 7.11 Å². The molecule has 0 atom stereocenters. The smallest absolute Gasteiger partial charge is 0.211 e. The lowest BCUT2D eigenvalue weighted by atomic mass is 10.2. The zero-order valence-electron chi connectivity index (χ0n) is 11.4. The fraction of sp³-hybridized carbons (Fsp3) is 0.538. The van der Waals surface area contributed by atoms with Crippen LogP contribution in [0, 0.1) is 0 Å². The lowest BCUT2D eigenvalue weighted by Crippen LogP contribution is -2.47. The molecule has 106 valence electrons. The van der Waals surface area contributed by atoms with Crippen molar-refractivity contribution in [1.82, 2.24) is 9.21 Å². The molecule has 19 heavy (non-hydrogen) atoms. The Morgan fingerprint density at radius 1 is 1.21 bits per heavy atom. The summed E-state index contributed by atoms with van der Waals surface area (Å²) in [6, 6.07) is 7.97. The van der Waals surface area contributed by atoms with Gasteiger partial charge in [-0.3, -0.25) is 4.90 Å². The van der Waals surface area contributed by atoms with Gasteiger partial charge in [0.1, 0.15) is 5.75 Å². The van der Waals surface area contributed by atoms with Crippen LogP contribution in [0.4, 0.5) is 0 Å². The van der Waals surface area contributed by atoms with Gasteiger partial charge in [-0.15, -0.1) is 0 Å². The molecule has 1 aromatic rings. The first-order valence-electron chi connectivity index (χ1n) is 6.29. The lowest BCUT2D eigenvalue weighted by molar-refractivity contribution is 0.182. The number of methoxy groups -OCH3 is 1. The van der Waals surface area contributed by atoms with E-state index in [4.69, 9.17) is 4.74 Å². The first-order valence-corrected chi connectivity index (χ1v) is 8.14. The van der Waals surface area contributed by atoms with Gasteiger partial charge in [-0.1, -0.05) is 12.1 Å². The topological polar surface area (TPSA) is 49.9 Å². The summed E-state index contributed by atoms with van der Waals surface area (Å²) in [5, 5.41) is 0. The average molecular weight is 284 g/mol. The van der Waals surface area contributed by atoms with Gasteiger partial charge in [0.25, 0.3) is 0 Å². The molecule has 0 spiro atoms. The lowest BCUT2D eigenvalue weighted by Gasteiger charge is -2.33. The van der Waals surface area contributed by atoms with Crippen molar-refractivity contribution >= 4 is 10.0 Å². The minimum Gasteiger partial charge on any atom is -0.497 e. The molecular formula is C13H20N2O3S. The number of hydrogen-bond acceptors (Lipinski definition) is 4. The van der Waals surface area contributed by atoms with Gasteiger partial charge < -0.3 is 4.74 Å². The minimum absolute atomic E-state index is 0.572. The Morgan fingerprint density at radius 2 is 1.89 bits per heavy atom. The maximum absolute atomic E-state index is 11.4. The van der Waals surface area contributed by atoms with Crippen molar-refractivity contribution in [3.8, 4) is 5.75 Å². The second kappa shape index (κ2) is 5.90. The molecule has 1 aliphatic heterocycles. The van der Waals surface area contributed by atoms with Crippen LogP contribution in [0.25, 0.3) is 0 Å². The molecule has 6 heteroatoms. The van der Waals surface area contributed by atoms with Crippen molar-refractivity contribution in [2.75, 3.05) is 39.5 Å². The van der Waals surface area contributed by atoms with E-state index < -0.39 is 10.0 Å². The Kier molecular flexibility index (Phi) is 4.44. The monoisotopic (exact) mass is 284 g/mol. The van der Waals surface area contributed by atoms with Crippen LogP contribution in [-0.2, 0) is 16.6 Å². The van der Waals surface area contributed by atoms with Crippen LogP contribution in [0.15, 0.2) is 24.3 Å². The molecule has 1 aliphatic rings. The van der Waals surface area contributed by atoms with Gasteiger partial charge in [-0.2, -0.15) is 4.31 Å². The minimum atomic E-state index is -3.05. The van der Waals surface area contributed by atoms with E-state index in [0.29, 0.717) is 13.1 Å². The van der Waals surface area contributed by atoms with Crippen LogP contribution in [0.3, 0.4) is 0 Å². The molecule has 1 aromatic carbocycles. The first kappa shape index (κ1) is 14.3. The largest absolute Gasteiger partial charge is 0.497 e. The van der Waals surface area contributed by atoms with Gasteiger partial charge in [-0.25, -0.2) is 8.42 Å². The van der Waals surface area contributed by atoms with E-state index in [1.807, 2.05) is 18.2 Å². The number of rotatable bonds is 4. The van der Waals surface area contributed by atoms with Crippen LogP contribution in [0.5, 0.6) is 5.75 Å². The molecule has 0 aromatic heterocycles. The molecule has 2 rings (SSSR count). The number of benzene rings is 1. The highest BCUT2D eigenvalue weighted by atomic mass is 32.2. The van der Waals surface area contributed by atoms with Crippen LogP contribution in [0.2, 0.25) is 0 Å². The molecule has 0 bridgehead atoms. The molecule has 0 saturated carbocycles. The second-order valence-corrected chi connectivity index (χ2v) is 6.77. The third kappa shape index (κ3) is 3.92. The highest BCUT2D eigenvalue weighted by Gasteiger charge is 2.23. The Balaban J connectivity index is 1.92. The van der Waals surface area contributed by atoms with Gasteiger partial charge in [-0.05, 0) is 17.7 Å². The second-order valence-electron chi connectivity index (χ2n) is 4.79. The fourth-order valence-corrected chi connectivity index (χ4v) is 3.07. The third-order valence-electron chi connectivity index (χ3n) is 3.34. The van der Waals surface area contributed by atoms with Gasteiger partial charge in [0.15, 0.2) is 0 Å². The fourth-order valence-electron chi connectivity index (χ4n) is 2.25. The summed E-state index contributed by atoms with van der Waals surface area (Å²) in [5.74, 6) is 0.854. The SMILES string of the molecule is COc1cccc(CN2CCN(S(C)(=O)=O)CC2)c1. The van der Waals surface area contributed by atoms with Crippen molar-refractivity contribution in [1.29, 1.82) is 0 Å². The average Bonchev–Trinajstić information content (AvgIpc) is 2.38. The summed E-state index contributed by atoms with van der Waals surface area (Å²) in [7, 11) is -1.39. The molecule has 5 nitrogen and oxygen atoms in total. The zero-order chi connectivity index (χ0) is 13.9. The van der Waals surface area contributed by atoms with Gasteiger partial charge >= 0.3 is 0 Å². The maximum atomic E-state index is 11.4. The molecule has 0 amide bonds. The molecule has 0 radical (unpaired) electrons. The van der Waals surface area contributed by atoms with Gasteiger partial charge in [0.2, 0.25) is 10.0 Å². The van der Waals surface area contributed by atoms with Gasteiger partial charge in [0, 0.05) is 32.7 Å². The summed E-state index contributed by atoms with van der Waals surface area (Å²) in [6.07, 6.45) is 1.27. The van der Waals surface area contributed by atoms with Crippen molar-refractivity contribution in [2.45, 2.75) is 6.54 Å². The Bertz CT molecular complexity index is 522. The highest BCUT2D eigenvalue weighted by molar-refractivity contribution is 7.88. The Labute approximate surface area is 114 Å². The first-order chi connectivity index (χ1) is 8.99. The number of sulfonamides is 1. The Hall–Kier alpha value is -1.11. The normalized spacial score (nSPS) is 18.4. The summed E-state index contributed by atoms with van der Waals surface area (Å²) in [5.41, 5.74) is 1.19. The summed E-state index contributed by atoms with van der Waals surface area (Å²) >= 11 is 0. The van der Waals surface area contributed by atoms with E-state index in [0.717, 1.165) is 25.4 Å². The van der Waals surface area contributed by atoms with E-state index in [-0.39, 0.29) is 0 Å². The van der Waals surface area contributed by atoms with Gasteiger partial charge in [0.05, 0.1) is 13.4 Å². The van der Waals surface area contributed by atoms with E-state index in [9.17, 15) is 8.42 Å². The number of hydrogen-bond donors (Lipinski definition) is 0. The number of ether oxygens (including phenoxy) is 1. The molecule has 0 N–H and O–H groups in total. The molecule has 1 fully saturated rings. The summed E-state index contributed by atoms with van der Waals surface area (Å²) < 4.78 is 29.6. The molecule has 1 saturated heterocycles. The van der Waals surface area contributed by atoms with Crippen LogP contribution in [0.1, 0.15) is 5.56 Å². The molecular weight excluding hydrogens is 264 g/mol. The van der Waals surface area contributed by atoms with Crippen molar-refractivity contribution in [3.63, 3.8) is 0 Å². The highest BCUT2D eigenvalue weighted by Crippen LogP contribution is 2.15. The third-order valence-corrected chi connectivity index (χ3v) is 4.64. The molecule has 1 heterocycles.